The molecule has 1 aliphatic heterocycles. The van der Waals surface area contributed by atoms with Crippen molar-refractivity contribution >= 4 is 0 Å². The molecule has 1 atom stereocenters. The summed E-state index contributed by atoms with van der Waals surface area (Å²) in [5.74, 6) is 0. The van der Waals surface area contributed by atoms with Crippen molar-refractivity contribution in [1.82, 2.24) is 9.80 Å². The summed E-state index contributed by atoms with van der Waals surface area (Å²) in [7, 11) is 4.22. The van der Waals surface area contributed by atoms with Crippen LogP contribution in [0.4, 0.5) is 0 Å². The van der Waals surface area contributed by atoms with Gasteiger partial charge < -0.3 is 15.4 Å². The summed E-state index contributed by atoms with van der Waals surface area (Å²) in [4.78, 5) is 4.71. The van der Waals surface area contributed by atoms with Crippen LogP contribution in [0.15, 0.2) is 0 Å². The van der Waals surface area contributed by atoms with E-state index in [9.17, 15) is 0 Å². The van der Waals surface area contributed by atoms with Crippen molar-refractivity contribution in [3.63, 3.8) is 0 Å². The van der Waals surface area contributed by atoms with Crippen LogP contribution in [-0.2, 0) is 4.74 Å². The summed E-state index contributed by atoms with van der Waals surface area (Å²) < 4.78 is 5.46. The molecule has 0 spiro atoms. The largest absolute Gasteiger partial charge is 0.378 e. The molecule has 0 aromatic rings. The maximum absolute atomic E-state index is 5.58. The van der Waals surface area contributed by atoms with Crippen molar-refractivity contribution < 1.29 is 4.74 Å². The van der Waals surface area contributed by atoms with E-state index in [-0.39, 0.29) is 0 Å². The average molecular weight is 201 g/mol. The lowest BCUT2D eigenvalue weighted by Crippen LogP contribution is -2.48. The normalized spacial score (nSPS) is 24.4. The van der Waals surface area contributed by atoms with Gasteiger partial charge >= 0.3 is 0 Å². The van der Waals surface area contributed by atoms with Gasteiger partial charge in [0.1, 0.15) is 0 Å². The number of hydrogen-bond donors (Lipinski definition) is 1. The van der Waals surface area contributed by atoms with Crippen LogP contribution in [0.3, 0.4) is 0 Å². The zero-order valence-electron chi connectivity index (χ0n) is 9.41. The Kier molecular flexibility index (Phi) is 5.40. The van der Waals surface area contributed by atoms with Crippen LogP contribution in [0.25, 0.3) is 0 Å². The number of hydrogen-bond acceptors (Lipinski definition) is 4. The van der Waals surface area contributed by atoms with E-state index in [1.807, 2.05) is 0 Å². The molecule has 4 nitrogen and oxygen atoms in total. The topological polar surface area (TPSA) is 41.7 Å². The SMILES string of the molecule is CN(C)CCN1CCOCC1CCN. The summed E-state index contributed by atoms with van der Waals surface area (Å²) in [6.07, 6.45) is 1.05. The molecular weight excluding hydrogens is 178 g/mol. The first-order valence-electron chi connectivity index (χ1n) is 5.40. The monoisotopic (exact) mass is 201 g/mol. The molecule has 4 heteroatoms. The van der Waals surface area contributed by atoms with E-state index in [0.29, 0.717) is 6.04 Å². The molecule has 0 saturated carbocycles. The molecule has 1 unspecified atom stereocenters. The van der Waals surface area contributed by atoms with Crippen molar-refractivity contribution in [3.8, 4) is 0 Å². The highest BCUT2D eigenvalue weighted by molar-refractivity contribution is 4.75. The van der Waals surface area contributed by atoms with E-state index in [1.165, 1.54) is 0 Å². The Morgan fingerprint density at radius 2 is 2.29 bits per heavy atom. The Morgan fingerprint density at radius 1 is 1.50 bits per heavy atom. The molecule has 1 heterocycles. The molecule has 0 radical (unpaired) electrons. The molecule has 1 saturated heterocycles. The van der Waals surface area contributed by atoms with Gasteiger partial charge in [-0.05, 0) is 27.1 Å². The van der Waals surface area contributed by atoms with Crippen molar-refractivity contribution in [3.05, 3.63) is 0 Å². The van der Waals surface area contributed by atoms with Gasteiger partial charge in [-0.2, -0.15) is 0 Å². The van der Waals surface area contributed by atoms with Crippen LogP contribution in [0.5, 0.6) is 0 Å². The predicted octanol–water partition coefficient (Wildman–Crippen LogP) is -0.402. The molecule has 0 amide bonds. The van der Waals surface area contributed by atoms with Crippen LogP contribution in [0.2, 0.25) is 0 Å². The lowest BCUT2D eigenvalue weighted by Gasteiger charge is -2.36. The molecule has 1 fully saturated rings. The molecule has 0 bridgehead atoms. The summed E-state index contributed by atoms with van der Waals surface area (Å²) in [6, 6.07) is 0.536. The van der Waals surface area contributed by atoms with E-state index in [0.717, 1.165) is 45.8 Å². The van der Waals surface area contributed by atoms with Crippen LogP contribution in [0.1, 0.15) is 6.42 Å². The second kappa shape index (κ2) is 6.35. The maximum Gasteiger partial charge on any atom is 0.0623 e. The fourth-order valence-corrected chi connectivity index (χ4v) is 1.77. The smallest absolute Gasteiger partial charge is 0.0623 e. The Hall–Kier alpha value is -0.160. The molecule has 0 aromatic carbocycles. The summed E-state index contributed by atoms with van der Waals surface area (Å²) in [6.45, 7) is 5.77. The lowest BCUT2D eigenvalue weighted by molar-refractivity contribution is -0.0114. The number of likely N-dealkylation sites (N-methyl/N-ethyl adjacent to an activating group) is 1. The molecule has 14 heavy (non-hydrogen) atoms. The van der Waals surface area contributed by atoms with Gasteiger partial charge in [-0.1, -0.05) is 0 Å². The summed E-state index contributed by atoms with van der Waals surface area (Å²) in [5.41, 5.74) is 5.58. The number of nitrogens with two attached hydrogens (primary N) is 1. The molecule has 2 N–H and O–H groups in total. The first-order chi connectivity index (χ1) is 6.74. The number of morpholine rings is 1. The van der Waals surface area contributed by atoms with Gasteiger partial charge in [0.25, 0.3) is 0 Å². The molecule has 0 aliphatic carbocycles. The highest BCUT2D eigenvalue weighted by atomic mass is 16.5. The quantitative estimate of drug-likeness (QED) is 0.657. The third-order valence-corrected chi connectivity index (χ3v) is 2.68. The van der Waals surface area contributed by atoms with Gasteiger partial charge in [0.15, 0.2) is 0 Å². The molecule has 0 aromatic heterocycles. The van der Waals surface area contributed by atoms with E-state index in [1.54, 1.807) is 0 Å². The number of ether oxygens (including phenoxy) is 1. The van der Waals surface area contributed by atoms with Gasteiger partial charge in [-0.15, -0.1) is 0 Å². The summed E-state index contributed by atoms with van der Waals surface area (Å²) in [5, 5.41) is 0. The number of rotatable bonds is 5. The Balaban J connectivity index is 2.30. The van der Waals surface area contributed by atoms with Crippen LogP contribution >= 0.6 is 0 Å². The minimum atomic E-state index is 0.536. The fourth-order valence-electron chi connectivity index (χ4n) is 1.77. The van der Waals surface area contributed by atoms with E-state index in [4.69, 9.17) is 10.5 Å². The Morgan fingerprint density at radius 3 is 2.93 bits per heavy atom. The van der Waals surface area contributed by atoms with Crippen molar-refractivity contribution in [2.45, 2.75) is 12.5 Å². The van der Waals surface area contributed by atoms with Gasteiger partial charge in [0, 0.05) is 25.7 Å². The third kappa shape index (κ3) is 3.92. The molecule has 1 aliphatic rings. The zero-order chi connectivity index (χ0) is 10.4. The highest BCUT2D eigenvalue weighted by Gasteiger charge is 2.21. The third-order valence-electron chi connectivity index (χ3n) is 2.68. The van der Waals surface area contributed by atoms with E-state index in [2.05, 4.69) is 23.9 Å². The fraction of sp³-hybridized carbons (Fsp3) is 1.00. The second-order valence-electron chi connectivity index (χ2n) is 4.15. The number of nitrogens with zero attached hydrogens (tertiary/aromatic N) is 2. The lowest BCUT2D eigenvalue weighted by atomic mass is 10.1. The van der Waals surface area contributed by atoms with Crippen molar-refractivity contribution in [1.29, 1.82) is 0 Å². The minimum absolute atomic E-state index is 0.536. The minimum Gasteiger partial charge on any atom is -0.378 e. The zero-order valence-corrected chi connectivity index (χ0v) is 9.41. The highest BCUT2D eigenvalue weighted by Crippen LogP contribution is 2.09. The van der Waals surface area contributed by atoms with Gasteiger partial charge in [-0.3, -0.25) is 4.90 Å². The molecule has 84 valence electrons. The first kappa shape index (κ1) is 11.9. The summed E-state index contributed by atoms with van der Waals surface area (Å²) >= 11 is 0. The van der Waals surface area contributed by atoms with Gasteiger partial charge in [0.05, 0.1) is 13.2 Å². The van der Waals surface area contributed by atoms with Gasteiger partial charge in [-0.25, -0.2) is 0 Å². The van der Waals surface area contributed by atoms with Crippen LogP contribution in [0, 0.1) is 0 Å². The van der Waals surface area contributed by atoms with E-state index >= 15 is 0 Å². The average Bonchev–Trinajstić information content (AvgIpc) is 2.17. The predicted molar refractivity (Wildman–Crippen MR) is 58.4 cm³/mol. The molecular formula is C10H23N3O. The van der Waals surface area contributed by atoms with Gasteiger partial charge in [0.2, 0.25) is 0 Å². The standard InChI is InChI=1S/C10H23N3O/c1-12(2)5-6-13-7-8-14-9-10(13)3-4-11/h10H,3-9,11H2,1-2H3. The first-order valence-corrected chi connectivity index (χ1v) is 5.40. The van der Waals surface area contributed by atoms with Crippen molar-refractivity contribution in [2.75, 3.05) is 53.5 Å². The van der Waals surface area contributed by atoms with Crippen LogP contribution in [-0.4, -0.2) is 69.3 Å². The maximum atomic E-state index is 5.58. The Bertz CT molecular complexity index is 150. The molecule has 1 rings (SSSR count). The van der Waals surface area contributed by atoms with E-state index < -0.39 is 0 Å². The second-order valence-corrected chi connectivity index (χ2v) is 4.15. The van der Waals surface area contributed by atoms with Crippen LogP contribution < -0.4 is 5.73 Å². The Labute approximate surface area is 87.0 Å². The van der Waals surface area contributed by atoms with Crippen molar-refractivity contribution in [2.24, 2.45) is 5.73 Å².